The second-order valence-corrected chi connectivity index (χ2v) is 8.66. The lowest BCUT2D eigenvalue weighted by Crippen LogP contribution is -2.14. The van der Waals surface area contributed by atoms with Crippen molar-refractivity contribution in [2.45, 2.75) is 57.8 Å². The fraction of sp³-hybridized carbons (Fsp3) is 0.321. The molecule has 1 atom stereocenters. The molecule has 0 saturated heterocycles. The van der Waals surface area contributed by atoms with Gasteiger partial charge < -0.3 is 0 Å². The van der Waals surface area contributed by atoms with Crippen molar-refractivity contribution in [2.24, 2.45) is 0 Å². The number of nitrogens with zero attached hydrogens (tertiary/aromatic N) is 1. The number of halogens is 3. The van der Waals surface area contributed by atoms with Gasteiger partial charge in [0, 0.05) is 0 Å². The summed E-state index contributed by atoms with van der Waals surface area (Å²) in [4.78, 5) is 0. The SMILES string of the molecule is CCCCCc1ccc(C2CCc3cc(-c4cc(F)c(C#N)c(F)c4)ccc3C2)c(F)c1. The lowest BCUT2D eigenvalue weighted by atomic mass is 9.79. The number of rotatable bonds is 6. The number of benzene rings is 3. The van der Waals surface area contributed by atoms with Gasteiger partial charge in [0.15, 0.2) is 0 Å². The van der Waals surface area contributed by atoms with Crippen LogP contribution in [-0.4, -0.2) is 0 Å². The van der Waals surface area contributed by atoms with Crippen LogP contribution >= 0.6 is 0 Å². The van der Waals surface area contributed by atoms with Gasteiger partial charge in [0.2, 0.25) is 0 Å². The van der Waals surface area contributed by atoms with Crippen LogP contribution in [0.15, 0.2) is 48.5 Å². The highest BCUT2D eigenvalue weighted by Crippen LogP contribution is 2.36. The van der Waals surface area contributed by atoms with Gasteiger partial charge in [0.25, 0.3) is 0 Å². The van der Waals surface area contributed by atoms with Crippen LogP contribution in [0, 0.1) is 28.8 Å². The highest BCUT2D eigenvalue weighted by molar-refractivity contribution is 5.66. The Labute approximate surface area is 187 Å². The summed E-state index contributed by atoms with van der Waals surface area (Å²) in [5, 5.41) is 8.86. The van der Waals surface area contributed by atoms with Crippen molar-refractivity contribution in [3.63, 3.8) is 0 Å². The van der Waals surface area contributed by atoms with Crippen molar-refractivity contribution in [3.8, 4) is 17.2 Å². The van der Waals surface area contributed by atoms with Crippen molar-refractivity contribution in [2.75, 3.05) is 0 Å². The summed E-state index contributed by atoms with van der Waals surface area (Å²) in [5.41, 5.74) is 4.66. The van der Waals surface area contributed by atoms with E-state index in [1.165, 1.54) is 12.1 Å². The van der Waals surface area contributed by atoms with E-state index in [0.29, 0.717) is 11.1 Å². The normalized spacial score (nSPS) is 15.3. The Morgan fingerprint density at radius 1 is 0.875 bits per heavy atom. The molecule has 0 radical (unpaired) electrons. The smallest absolute Gasteiger partial charge is 0.144 e. The Hall–Kier alpha value is -3.06. The molecule has 0 aliphatic heterocycles. The first kappa shape index (κ1) is 22.1. The van der Waals surface area contributed by atoms with Crippen LogP contribution in [0.4, 0.5) is 13.2 Å². The minimum absolute atomic E-state index is 0.118. The van der Waals surface area contributed by atoms with Gasteiger partial charge in [0.1, 0.15) is 29.1 Å². The Morgan fingerprint density at radius 2 is 1.66 bits per heavy atom. The average Bonchev–Trinajstić information content (AvgIpc) is 2.78. The van der Waals surface area contributed by atoms with E-state index in [4.69, 9.17) is 5.26 Å². The molecule has 0 amide bonds. The summed E-state index contributed by atoms with van der Waals surface area (Å²) in [6.45, 7) is 2.16. The van der Waals surface area contributed by atoms with Crippen LogP contribution in [0.5, 0.6) is 0 Å². The van der Waals surface area contributed by atoms with E-state index in [2.05, 4.69) is 13.0 Å². The van der Waals surface area contributed by atoms with E-state index in [1.54, 1.807) is 12.1 Å². The van der Waals surface area contributed by atoms with Gasteiger partial charge in [-0.2, -0.15) is 5.26 Å². The maximum atomic E-state index is 14.8. The first-order valence-corrected chi connectivity index (χ1v) is 11.3. The molecule has 0 fully saturated rings. The number of unbranched alkanes of at least 4 members (excludes halogenated alkanes) is 2. The summed E-state index contributed by atoms with van der Waals surface area (Å²) >= 11 is 0. The molecule has 3 aromatic carbocycles. The van der Waals surface area contributed by atoms with E-state index in [0.717, 1.165) is 67.2 Å². The third-order valence-electron chi connectivity index (χ3n) is 6.50. The first-order valence-electron chi connectivity index (χ1n) is 11.3. The molecule has 164 valence electrons. The van der Waals surface area contributed by atoms with Gasteiger partial charge in [-0.1, -0.05) is 50.1 Å². The average molecular weight is 434 g/mol. The Balaban J connectivity index is 1.53. The van der Waals surface area contributed by atoms with Gasteiger partial charge in [-0.25, -0.2) is 13.2 Å². The molecule has 1 nitrogen and oxygen atoms in total. The van der Waals surface area contributed by atoms with E-state index in [1.807, 2.05) is 24.3 Å². The summed E-state index contributed by atoms with van der Waals surface area (Å²) in [7, 11) is 0. The molecule has 0 bridgehead atoms. The molecule has 0 heterocycles. The van der Waals surface area contributed by atoms with Crippen LogP contribution < -0.4 is 0 Å². The highest BCUT2D eigenvalue weighted by atomic mass is 19.1. The minimum atomic E-state index is -0.853. The molecule has 0 saturated carbocycles. The molecule has 4 rings (SSSR count). The first-order chi connectivity index (χ1) is 15.5. The summed E-state index contributed by atoms with van der Waals surface area (Å²) < 4.78 is 42.9. The molecule has 0 spiro atoms. The minimum Gasteiger partial charge on any atom is -0.207 e. The fourth-order valence-electron chi connectivity index (χ4n) is 4.68. The van der Waals surface area contributed by atoms with Crippen molar-refractivity contribution < 1.29 is 13.2 Å². The Kier molecular flexibility index (Phi) is 6.65. The monoisotopic (exact) mass is 433 g/mol. The molecule has 32 heavy (non-hydrogen) atoms. The lowest BCUT2D eigenvalue weighted by Gasteiger charge is -2.26. The van der Waals surface area contributed by atoms with Crippen LogP contribution in [-0.2, 0) is 19.3 Å². The zero-order chi connectivity index (χ0) is 22.7. The maximum absolute atomic E-state index is 14.8. The van der Waals surface area contributed by atoms with E-state index < -0.39 is 17.2 Å². The van der Waals surface area contributed by atoms with E-state index in [-0.39, 0.29) is 11.7 Å². The van der Waals surface area contributed by atoms with Gasteiger partial charge >= 0.3 is 0 Å². The number of fused-ring (bicyclic) bond motifs is 1. The molecular weight excluding hydrogens is 407 g/mol. The number of nitriles is 1. The Morgan fingerprint density at radius 3 is 2.34 bits per heavy atom. The van der Waals surface area contributed by atoms with Gasteiger partial charge in [-0.05, 0) is 89.6 Å². The molecule has 4 heteroatoms. The lowest BCUT2D eigenvalue weighted by molar-refractivity contribution is 0.532. The molecular formula is C28H26F3N. The third-order valence-corrected chi connectivity index (χ3v) is 6.50. The molecule has 1 aliphatic rings. The zero-order valence-electron chi connectivity index (χ0n) is 18.2. The van der Waals surface area contributed by atoms with E-state index >= 15 is 0 Å². The fourth-order valence-corrected chi connectivity index (χ4v) is 4.68. The second-order valence-electron chi connectivity index (χ2n) is 8.66. The largest absolute Gasteiger partial charge is 0.207 e. The molecule has 1 unspecified atom stereocenters. The Bertz CT molecular complexity index is 1150. The van der Waals surface area contributed by atoms with Crippen LogP contribution in [0.3, 0.4) is 0 Å². The summed E-state index contributed by atoms with van der Waals surface area (Å²) in [6.07, 6.45) is 6.67. The van der Waals surface area contributed by atoms with Gasteiger partial charge in [-0.3, -0.25) is 0 Å². The topological polar surface area (TPSA) is 23.8 Å². The second kappa shape index (κ2) is 9.61. The van der Waals surface area contributed by atoms with Crippen molar-refractivity contribution in [3.05, 3.63) is 93.8 Å². The molecule has 0 aromatic heterocycles. The van der Waals surface area contributed by atoms with Crippen molar-refractivity contribution in [1.29, 1.82) is 5.26 Å². The zero-order valence-corrected chi connectivity index (χ0v) is 18.2. The van der Waals surface area contributed by atoms with Gasteiger partial charge in [0.05, 0.1) is 0 Å². The maximum Gasteiger partial charge on any atom is 0.144 e. The summed E-state index contributed by atoms with van der Waals surface area (Å²) in [6, 6.07) is 15.4. The molecule has 0 N–H and O–H groups in total. The van der Waals surface area contributed by atoms with E-state index in [9.17, 15) is 13.2 Å². The molecule has 3 aromatic rings. The number of aryl methyl sites for hydroxylation is 2. The summed E-state index contributed by atoms with van der Waals surface area (Å²) in [5.74, 6) is -1.70. The van der Waals surface area contributed by atoms with Crippen LogP contribution in [0.25, 0.3) is 11.1 Å². The standard InChI is InChI=1S/C28H26F3N/c1-2-3-4-5-18-6-11-24(26(29)12-18)22-10-9-19-13-21(8-7-20(19)14-22)23-15-27(30)25(17-32)28(31)16-23/h6-8,11-13,15-16,22H,2-5,9-10,14H2,1H3. The van der Waals surface area contributed by atoms with Crippen LogP contribution in [0.2, 0.25) is 0 Å². The molecule has 1 aliphatic carbocycles. The third kappa shape index (κ3) is 4.58. The number of hydrogen-bond donors (Lipinski definition) is 0. The van der Waals surface area contributed by atoms with Crippen molar-refractivity contribution in [1.82, 2.24) is 0 Å². The predicted octanol–water partition coefficient (Wildman–Crippen LogP) is 7.65. The predicted molar refractivity (Wildman–Crippen MR) is 121 cm³/mol. The van der Waals surface area contributed by atoms with Crippen molar-refractivity contribution >= 4 is 0 Å². The quantitative estimate of drug-likeness (QED) is 0.366. The van der Waals surface area contributed by atoms with Gasteiger partial charge in [-0.15, -0.1) is 0 Å². The number of hydrogen-bond acceptors (Lipinski definition) is 1. The van der Waals surface area contributed by atoms with Crippen LogP contribution in [0.1, 0.15) is 66.3 Å². The highest BCUT2D eigenvalue weighted by Gasteiger charge is 2.23.